The van der Waals surface area contributed by atoms with Crippen LogP contribution in [0.4, 0.5) is 0 Å². The van der Waals surface area contributed by atoms with E-state index < -0.39 is 0 Å². The maximum absolute atomic E-state index is 11.4. The number of hydrogen-bond acceptors (Lipinski definition) is 5. The summed E-state index contributed by atoms with van der Waals surface area (Å²) in [5, 5.41) is 4.77. The lowest BCUT2D eigenvalue weighted by Gasteiger charge is -2.30. The van der Waals surface area contributed by atoms with Crippen LogP contribution in [0.3, 0.4) is 0 Å². The second-order valence-corrected chi connectivity index (χ2v) is 7.77. The number of aromatic nitrogens is 3. The number of likely N-dealkylation sites (tertiary alicyclic amines) is 1. The molecule has 156 valence electrons. The molecule has 0 bridgehead atoms. The molecular formula is C22H25N5O2S. The Morgan fingerprint density at radius 3 is 2.33 bits per heavy atom. The van der Waals surface area contributed by atoms with Gasteiger partial charge in [0.1, 0.15) is 12.4 Å². The van der Waals surface area contributed by atoms with Crippen LogP contribution in [-0.4, -0.2) is 38.2 Å². The van der Waals surface area contributed by atoms with Crippen molar-refractivity contribution in [3.63, 3.8) is 0 Å². The first-order valence-electron chi connectivity index (χ1n) is 10.1. The zero-order valence-electron chi connectivity index (χ0n) is 16.7. The Labute approximate surface area is 180 Å². The molecular weight excluding hydrogens is 398 g/mol. The molecule has 1 aromatic heterocycles. The Morgan fingerprint density at radius 2 is 1.70 bits per heavy atom. The standard InChI is InChI=1S/C22H25N5O2S/c23-21(28)17-11-13-25(14-12-17)16-26-22(30)27(18-7-3-1-4-8-18)20(24-26)15-29-19-9-5-2-6-10-19/h1-10,17H,11-16H2,(H2,23,28). The van der Waals surface area contributed by atoms with Gasteiger partial charge in [0.2, 0.25) is 10.7 Å². The Hall–Kier alpha value is -2.97. The molecule has 3 aromatic rings. The van der Waals surface area contributed by atoms with Crippen molar-refractivity contribution >= 4 is 18.1 Å². The molecule has 1 fully saturated rings. The summed E-state index contributed by atoms with van der Waals surface area (Å²) >= 11 is 5.77. The maximum atomic E-state index is 11.4. The van der Waals surface area contributed by atoms with Crippen LogP contribution in [0, 0.1) is 10.7 Å². The van der Waals surface area contributed by atoms with Crippen LogP contribution >= 0.6 is 12.2 Å². The molecule has 2 heterocycles. The van der Waals surface area contributed by atoms with E-state index in [4.69, 9.17) is 27.8 Å². The van der Waals surface area contributed by atoms with Crippen molar-refractivity contribution in [1.29, 1.82) is 0 Å². The normalized spacial score (nSPS) is 15.2. The summed E-state index contributed by atoms with van der Waals surface area (Å²) in [5.41, 5.74) is 6.40. The predicted molar refractivity (Wildman–Crippen MR) is 117 cm³/mol. The van der Waals surface area contributed by atoms with E-state index in [9.17, 15) is 4.79 Å². The van der Waals surface area contributed by atoms with Gasteiger partial charge in [0.15, 0.2) is 5.82 Å². The fourth-order valence-electron chi connectivity index (χ4n) is 3.69. The van der Waals surface area contributed by atoms with Gasteiger partial charge in [0.25, 0.3) is 0 Å². The molecule has 1 aliphatic heterocycles. The van der Waals surface area contributed by atoms with E-state index in [0.717, 1.165) is 43.2 Å². The highest BCUT2D eigenvalue weighted by molar-refractivity contribution is 7.71. The van der Waals surface area contributed by atoms with Crippen molar-refractivity contribution in [3.05, 3.63) is 71.3 Å². The van der Waals surface area contributed by atoms with Crippen molar-refractivity contribution in [2.75, 3.05) is 13.1 Å². The molecule has 1 amide bonds. The molecule has 7 nitrogen and oxygen atoms in total. The van der Waals surface area contributed by atoms with E-state index >= 15 is 0 Å². The smallest absolute Gasteiger partial charge is 0.220 e. The summed E-state index contributed by atoms with van der Waals surface area (Å²) in [4.78, 5) is 13.7. The van der Waals surface area contributed by atoms with Crippen molar-refractivity contribution in [3.8, 4) is 11.4 Å². The van der Waals surface area contributed by atoms with Crippen LogP contribution in [0.25, 0.3) is 5.69 Å². The Bertz CT molecular complexity index is 1040. The highest BCUT2D eigenvalue weighted by Crippen LogP contribution is 2.19. The lowest BCUT2D eigenvalue weighted by molar-refractivity contribution is -0.123. The largest absolute Gasteiger partial charge is 0.486 e. The van der Waals surface area contributed by atoms with E-state index in [-0.39, 0.29) is 11.8 Å². The number of nitrogens with zero attached hydrogens (tertiary/aromatic N) is 4. The quantitative estimate of drug-likeness (QED) is 0.591. The molecule has 2 N–H and O–H groups in total. The first-order chi connectivity index (χ1) is 14.6. The fourth-order valence-corrected chi connectivity index (χ4v) is 4.00. The minimum atomic E-state index is -0.208. The topological polar surface area (TPSA) is 78.3 Å². The van der Waals surface area contributed by atoms with Gasteiger partial charge in [-0.25, -0.2) is 4.68 Å². The number of carbonyl (C=O) groups excluding carboxylic acids is 1. The third-order valence-corrected chi connectivity index (χ3v) is 5.75. The van der Waals surface area contributed by atoms with Crippen molar-refractivity contribution in [2.45, 2.75) is 26.1 Å². The summed E-state index contributed by atoms with van der Waals surface area (Å²) in [6, 6.07) is 19.6. The number of amides is 1. The van der Waals surface area contributed by atoms with E-state index in [1.54, 1.807) is 0 Å². The highest BCUT2D eigenvalue weighted by atomic mass is 32.1. The van der Waals surface area contributed by atoms with Crippen LogP contribution in [0.5, 0.6) is 5.75 Å². The van der Waals surface area contributed by atoms with Crippen molar-refractivity contribution in [1.82, 2.24) is 19.2 Å². The molecule has 0 aliphatic carbocycles. The molecule has 0 spiro atoms. The number of rotatable bonds is 7. The summed E-state index contributed by atoms with van der Waals surface area (Å²) in [7, 11) is 0. The lowest BCUT2D eigenvalue weighted by Crippen LogP contribution is -2.39. The maximum Gasteiger partial charge on any atom is 0.220 e. The first kappa shape index (κ1) is 20.3. The third kappa shape index (κ3) is 4.60. The number of piperidine rings is 1. The fraction of sp³-hybridized carbons (Fsp3) is 0.318. The average molecular weight is 424 g/mol. The van der Waals surface area contributed by atoms with E-state index in [2.05, 4.69) is 4.90 Å². The third-order valence-electron chi connectivity index (χ3n) is 5.36. The number of primary amides is 1. The van der Waals surface area contributed by atoms with Gasteiger partial charge in [-0.2, -0.15) is 5.10 Å². The number of benzene rings is 2. The van der Waals surface area contributed by atoms with Crippen molar-refractivity contribution in [2.24, 2.45) is 11.7 Å². The number of carbonyl (C=O) groups is 1. The number of nitrogens with two attached hydrogens (primary N) is 1. The molecule has 0 radical (unpaired) electrons. The Balaban J connectivity index is 1.56. The molecule has 0 saturated carbocycles. The van der Waals surface area contributed by atoms with E-state index in [1.165, 1.54) is 0 Å². The van der Waals surface area contributed by atoms with Crippen LogP contribution in [0.15, 0.2) is 60.7 Å². The van der Waals surface area contributed by atoms with Crippen LogP contribution in [-0.2, 0) is 18.1 Å². The van der Waals surface area contributed by atoms with Gasteiger partial charge in [-0.3, -0.25) is 14.3 Å². The number of para-hydroxylation sites is 2. The Kier molecular flexibility index (Phi) is 6.25. The zero-order valence-corrected chi connectivity index (χ0v) is 17.5. The van der Waals surface area contributed by atoms with Crippen LogP contribution < -0.4 is 10.5 Å². The van der Waals surface area contributed by atoms with Crippen LogP contribution in [0.1, 0.15) is 18.7 Å². The molecule has 0 unspecified atom stereocenters. The van der Waals surface area contributed by atoms with Gasteiger partial charge in [0, 0.05) is 24.7 Å². The summed E-state index contributed by atoms with van der Waals surface area (Å²) in [6.07, 6.45) is 1.54. The average Bonchev–Trinajstić information content (AvgIpc) is 3.09. The highest BCUT2D eigenvalue weighted by Gasteiger charge is 2.24. The number of ether oxygens (including phenoxy) is 1. The summed E-state index contributed by atoms with van der Waals surface area (Å²) in [5.74, 6) is 1.28. The van der Waals surface area contributed by atoms with Gasteiger partial charge < -0.3 is 10.5 Å². The Morgan fingerprint density at radius 1 is 1.07 bits per heavy atom. The monoisotopic (exact) mass is 423 g/mol. The molecule has 1 aliphatic rings. The first-order valence-corrected chi connectivity index (χ1v) is 10.5. The molecule has 30 heavy (non-hydrogen) atoms. The van der Waals surface area contributed by atoms with Gasteiger partial charge in [-0.1, -0.05) is 36.4 Å². The lowest BCUT2D eigenvalue weighted by atomic mass is 9.97. The molecule has 8 heteroatoms. The van der Waals surface area contributed by atoms with Crippen molar-refractivity contribution < 1.29 is 9.53 Å². The second kappa shape index (κ2) is 9.23. The molecule has 2 aromatic carbocycles. The van der Waals surface area contributed by atoms with Gasteiger partial charge in [-0.05, 0) is 49.3 Å². The molecule has 0 atom stereocenters. The summed E-state index contributed by atoms with van der Waals surface area (Å²) < 4.78 is 10.3. The SMILES string of the molecule is NC(=O)C1CCN(Cn2nc(COc3ccccc3)n(-c3ccccc3)c2=S)CC1. The zero-order chi connectivity index (χ0) is 20.9. The second-order valence-electron chi connectivity index (χ2n) is 7.41. The number of hydrogen-bond donors (Lipinski definition) is 1. The predicted octanol–water partition coefficient (Wildman–Crippen LogP) is 3.14. The minimum Gasteiger partial charge on any atom is -0.486 e. The van der Waals surface area contributed by atoms with E-state index in [1.807, 2.05) is 69.9 Å². The minimum absolute atomic E-state index is 0.0362. The van der Waals surface area contributed by atoms with Gasteiger partial charge >= 0.3 is 0 Å². The summed E-state index contributed by atoms with van der Waals surface area (Å²) in [6.45, 7) is 2.47. The molecule has 1 saturated heterocycles. The van der Waals surface area contributed by atoms with Crippen LogP contribution in [0.2, 0.25) is 0 Å². The van der Waals surface area contributed by atoms with Gasteiger partial charge in [0.05, 0.1) is 6.67 Å². The molecule has 4 rings (SSSR count). The van der Waals surface area contributed by atoms with E-state index in [0.29, 0.717) is 18.0 Å². The van der Waals surface area contributed by atoms with Gasteiger partial charge in [-0.15, -0.1) is 0 Å².